The van der Waals surface area contributed by atoms with Gasteiger partial charge in [-0.2, -0.15) is 11.8 Å². The maximum atomic E-state index is 11.0. The third-order valence-corrected chi connectivity index (χ3v) is 3.11. The van der Waals surface area contributed by atoms with Crippen molar-refractivity contribution in [3.05, 3.63) is 0 Å². The van der Waals surface area contributed by atoms with Crippen LogP contribution >= 0.6 is 24.2 Å². The SMILES string of the molecule is CC(C)CSCCCNC(=O)C(C)N.Cl. The van der Waals surface area contributed by atoms with E-state index in [0.717, 1.165) is 24.6 Å². The van der Waals surface area contributed by atoms with Crippen molar-refractivity contribution in [2.24, 2.45) is 11.7 Å². The molecule has 0 saturated carbocycles. The highest BCUT2D eigenvalue weighted by atomic mass is 35.5. The molecule has 0 radical (unpaired) electrons. The molecular weight excluding hydrogens is 232 g/mol. The molecule has 0 aliphatic rings. The number of nitrogens with one attached hydrogen (secondary N) is 1. The van der Waals surface area contributed by atoms with E-state index in [0.29, 0.717) is 0 Å². The van der Waals surface area contributed by atoms with E-state index < -0.39 is 6.04 Å². The van der Waals surface area contributed by atoms with Gasteiger partial charge in [-0.25, -0.2) is 0 Å². The van der Waals surface area contributed by atoms with Crippen molar-refractivity contribution < 1.29 is 4.79 Å². The lowest BCUT2D eigenvalue weighted by atomic mass is 10.3. The number of carbonyl (C=O) groups excluding carboxylic acids is 1. The Morgan fingerprint density at radius 1 is 1.40 bits per heavy atom. The van der Waals surface area contributed by atoms with Gasteiger partial charge in [-0.05, 0) is 30.8 Å². The molecule has 0 aromatic rings. The van der Waals surface area contributed by atoms with Crippen molar-refractivity contribution in [3.63, 3.8) is 0 Å². The molecule has 5 heteroatoms. The molecule has 0 saturated heterocycles. The zero-order valence-electron chi connectivity index (χ0n) is 9.79. The molecule has 0 aliphatic heterocycles. The minimum absolute atomic E-state index is 0. The smallest absolute Gasteiger partial charge is 0.236 e. The first-order chi connectivity index (χ1) is 6.54. The van der Waals surface area contributed by atoms with Crippen molar-refractivity contribution in [1.82, 2.24) is 5.32 Å². The quantitative estimate of drug-likeness (QED) is 0.680. The molecular formula is C10H23ClN2OS. The summed E-state index contributed by atoms with van der Waals surface area (Å²) in [6.45, 7) is 6.87. The zero-order valence-corrected chi connectivity index (χ0v) is 11.4. The summed E-state index contributed by atoms with van der Waals surface area (Å²) in [5.41, 5.74) is 5.40. The Kier molecular flexibility index (Phi) is 12.3. The molecule has 0 rings (SSSR count). The van der Waals surface area contributed by atoms with Crippen molar-refractivity contribution in [2.75, 3.05) is 18.1 Å². The van der Waals surface area contributed by atoms with Gasteiger partial charge in [0.15, 0.2) is 0 Å². The molecule has 92 valence electrons. The first kappa shape index (κ1) is 17.5. The summed E-state index contributed by atoms with van der Waals surface area (Å²) >= 11 is 1.94. The molecule has 3 N–H and O–H groups in total. The Morgan fingerprint density at radius 3 is 2.47 bits per heavy atom. The maximum Gasteiger partial charge on any atom is 0.236 e. The molecule has 0 spiro atoms. The lowest BCUT2D eigenvalue weighted by molar-refractivity contribution is -0.121. The summed E-state index contributed by atoms with van der Waals surface area (Å²) in [7, 11) is 0. The van der Waals surface area contributed by atoms with Crippen LogP contribution in [0.5, 0.6) is 0 Å². The largest absolute Gasteiger partial charge is 0.355 e. The molecule has 1 unspecified atom stereocenters. The number of nitrogens with two attached hydrogens (primary N) is 1. The number of amides is 1. The van der Waals surface area contributed by atoms with Crippen molar-refractivity contribution in [2.45, 2.75) is 33.2 Å². The van der Waals surface area contributed by atoms with Crippen LogP contribution < -0.4 is 11.1 Å². The van der Waals surface area contributed by atoms with E-state index in [1.165, 1.54) is 5.75 Å². The highest BCUT2D eigenvalue weighted by molar-refractivity contribution is 7.99. The Balaban J connectivity index is 0. The Morgan fingerprint density at radius 2 is 2.00 bits per heavy atom. The van der Waals surface area contributed by atoms with Crippen LogP contribution in [0.2, 0.25) is 0 Å². The van der Waals surface area contributed by atoms with E-state index in [4.69, 9.17) is 5.73 Å². The molecule has 0 fully saturated rings. The average Bonchev–Trinajstić information content (AvgIpc) is 2.09. The second kappa shape index (κ2) is 10.6. The van der Waals surface area contributed by atoms with Gasteiger partial charge in [-0.15, -0.1) is 12.4 Å². The molecule has 0 heterocycles. The molecule has 0 aromatic heterocycles. The van der Waals surface area contributed by atoms with Crippen LogP contribution in [0, 0.1) is 5.92 Å². The minimum Gasteiger partial charge on any atom is -0.355 e. The first-order valence-corrected chi connectivity index (χ1v) is 6.30. The van der Waals surface area contributed by atoms with Gasteiger partial charge in [-0.1, -0.05) is 13.8 Å². The first-order valence-electron chi connectivity index (χ1n) is 5.15. The summed E-state index contributed by atoms with van der Waals surface area (Å²) in [4.78, 5) is 11.0. The van der Waals surface area contributed by atoms with Crippen LogP contribution in [-0.4, -0.2) is 30.0 Å². The molecule has 1 amide bonds. The predicted octanol–water partition coefficient (Wildman–Crippen LogP) is 1.65. The van der Waals surface area contributed by atoms with E-state index >= 15 is 0 Å². The van der Waals surface area contributed by atoms with Crippen LogP contribution in [0.25, 0.3) is 0 Å². The van der Waals surface area contributed by atoms with Crippen LogP contribution in [0.1, 0.15) is 27.2 Å². The van der Waals surface area contributed by atoms with Gasteiger partial charge in [-0.3, -0.25) is 4.79 Å². The summed E-state index contributed by atoms with van der Waals surface area (Å²) in [5.74, 6) is 3.00. The van der Waals surface area contributed by atoms with E-state index in [2.05, 4.69) is 19.2 Å². The molecule has 0 bridgehead atoms. The van der Waals surface area contributed by atoms with Gasteiger partial charge in [0.05, 0.1) is 6.04 Å². The fourth-order valence-corrected chi connectivity index (χ4v) is 1.85. The van der Waals surface area contributed by atoms with Gasteiger partial charge >= 0.3 is 0 Å². The number of thioether (sulfide) groups is 1. The number of halogens is 1. The van der Waals surface area contributed by atoms with Gasteiger partial charge < -0.3 is 11.1 Å². The highest BCUT2D eigenvalue weighted by Gasteiger charge is 2.04. The molecule has 0 aliphatic carbocycles. The minimum atomic E-state index is -0.390. The van der Waals surface area contributed by atoms with Crippen LogP contribution in [0.3, 0.4) is 0 Å². The Labute approximate surface area is 103 Å². The fourth-order valence-electron chi connectivity index (χ4n) is 0.866. The number of hydrogen-bond acceptors (Lipinski definition) is 3. The monoisotopic (exact) mass is 254 g/mol. The van der Waals surface area contributed by atoms with Gasteiger partial charge in [0.2, 0.25) is 5.91 Å². The molecule has 1 atom stereocenters. The summed E-state index contributed by atoms with van der Waals surface area (Å²) in [6.07, 6.45) is 1.02. The van der Waals surface area contributed by atoms with Gasteiger partial charge in [0.1, 0.15) is 0 Å². The number of carbonyl (C=O) groups is 1. The van der Waals surface area contributed by atoms with E-state index in [-0.39, 0.29) is 18.3 Å². The second-order valence-corrected chi connectivity index (χ2v) is 5.05. The lowest BCUT2D eigenvalue weighted by Gasteiger charge is -2.07. The molecule has 3 nitrogen and oxygen atoms in total. The van der Waals surface area contributed by atoms with Crippen molar-refractivity contribution >= 4 is 30.1 Å². The Bertz CT molecular complexity index is 166. The molecule has 15 heavy (non-hydrogen) atoms. The van der Waals surface area contributed by atoms with E-state index in [9.17, 15) is 4.79 Å². The second-order valence-electron chi connectivity index (χ2n) is 3.90. The van der Waals surface area contributed by atoms with E-state index in [1.54, 1.807) is 6.92 Å². The van der Waals surface area contributed by atoms with Crippen LogP contribution in [-0.2, 0) is 4.79 Å². The van der Waals surface area contributed by atoms with Crippen LogP contribution in [0.4, 0.5) is 0 Å². The number of rotatable bonds is 7. The van der Waals surface area contributed by atoms with E-state index in [1.807, 2.05) is 11.8 Å². The van der Waals surface area contributed by atoms with Gasteiger partial charge in [0, 0.05) is 6.54 Å². The standard InChI is InChI=1S/C10H22N2OS.ClH/c1-8(2)7-14-6-4-5-12-10(13)9(3)11;/h8-9H,4-7,11H2,1-3H3,(H,12,13);1H. The summed E-state index contributed by atoms with van der Waals surface area (Å²) in [6, 6.07) is -0.390. The third-order valence-electron chi connectivity index (χ3n) is 1.63. The molecule has 0 aromatic carbocycles. The third kappa shape index (κ3) is 12.0. The zero-order chi connectivity index (χ0) is 11.0. The normalized spacial score (nSPS) is 12.1. The summed E-state index contributed by atoms with van der Waals surface area (Å²) in [5, 5.41) is 2.79. The Hall–Kier alpha value is 0.0700. The van der Waals surface area contributed by atoms with Crippen LogP contribution in [0.15, 0.2) is 0 Å². The predicted molar refractivity (Wildman–Crippen MR) is 70.7 cm³/mol. The lowest BCUT2D eigenvalue weighted by Crippen LogP contribution is -2.38. The number of hydrogen-bond donors (Lipinski definition) is 2. The maximum absolute atomic E-state index is 11.0. The van der Waals surface area contributed by atoms with Gasteiger partial charge in [0.25, 0.3) is 0 Å². The average molecular weight is 255 g/mol. The van der Waals surface area contributed by atoms with Crippen molar-refractivity contribution in [1.29, 1.82) is 0 Å². The fraction of sp³-hybridized carbons (Fsp3) is 0.900. The topological polar surface area (TPSA) is 55.1 Å². The highest BCUT2D eigenvalue weighted by Crippen LogP contribution is 2.07. The summed E-state index contributed by atoms with van der Waals surface area (Å²) < 4.78 is 0. The van der Waals surface area contributed by atoms with Crippen molar-refractivity contribution in [3.8, 4) is 0 Å².